The van der Waals surface area contributed by atoms with Gasteiger partial charge in [0.15, 0.2) is 0 Å². The fourth-order valence-corrected chi connectivity index (χ4v) is 4.35. The highest BCUT2D eigenvalue weighted by molar-refractivity contribution is 5.86. The number of carboxylic acids is 1. The zero-order valence-electron chi connectivity index (χ0n) is 18.4. The summed E-state index contributed by atoms with van der Waals surface area (Å²) in [7, 11) is 0. The monoisotopic (exact) mass is 509 g/mol. The standard InChI is InChI=1S/C25H27N3O2.3ClH/c1-25(24(29)30,21-10-6-3-7-11-21)28-15-14-26-18-23(28)17-22-16-20(12-13-27-22)19-8-4-2-5-9-19;;;/h2-13,16,23,26H,14-15,17-18H2,1H3,(H,29,30);3*1H. The average Bonchev–Trinajstić information content (AvgIpc) is 2.80. The number of aliphatic carboxylic acids is 1. The summed E-state index contributed by atoms with van der Waals surface area (Å²) < 4.78 is 0. The molecule has 2 atom stereocenters. The second-order valence-electron chi connectivity index (χ2n) is 7.90. The SMILES string of the molecule is CC(C(=O)O)(c1ccccc1)N1CCNCC1Cc1cc(-c2ccccc2)ccn1.Cl.Cl.Cl. The van der Waals surface area contributed by atoms with Crippen LogP contribution in [0.3, 0.4) is 0 Å². The molecule has 4 rings (SSSR count). The fourth-order valence-electron chi connectivity index (χ4n) is 4.35. The lowest BCUT2D eigenvalue weighted by molar-refractivity contribution is -0.154. The van der Waals surface area contributed by atoms with Crippen LogP contribution in [0.1, 0.15) is 18.2 Å². The van der Waals surface area contributed by atoms with E-state index < -0.39 is 11.5 Å². The molecule has 1 fully saturated rings. The molecule has 5 nitrogen and oxygen atoms in total. The number of hydrogen-bond acceptors (Lipinski definition) is 4. The first-order valence-electron chi connectivity index (χ1n) is 10.4. The number of halogens is 3. The molecule has 0 spiro atoms. The van der Waals surface area contributed by atoms with Gasteiger partial charge in [-0.3, -0.25) is 9.88 Å². The number of nitrogens with one attached hydrogen (secondary N) is 1. The Morgan fingerprint density at radius 1 is 1.03 bits per heavy atom. The van der Waals surface area contributed by atoms with Crippen molar-refractivity contribution in [3.05, 3.63) is 90.3 Å². The van der Waals surface area contributed by atoms with Crippen LogP contribution in [0.4, 0.5) is 0 Å². The van der Waals surface area contributed by atoms with Crippen LogP contribution in [-0.4, -0.2) is 46.6 Å². The van der Waals surface area contributed by atoms with Crippen molar-refractivity contribution in [2.75, 3.05) is 19.6 Å². The van der Waals surface area contributed by atoms with E-state index in [-0.39, 0.29) is 43.3 Å². The van der Waals surface area contributed by atoms with E-state index in [9.17, 15) is 9.90 Å². The molecule has 0 radical (unpaired) electrons. The Balaban J connectivity index is 0.00000181. The summed E-state index contributed by atoms with van der Waals surface area (Å²) in [6.45, 7) is 3.98. The smallest absolute Gasteiger partial charge is 0.328 e. The number of hydrogen-bond donors (Lipinski definition) is 2. The van der Waals surface area contributed by atoms with Gasteiger partial charge < -0.3 is 10.4 Å². The lowest BCUT2D eigenvalue weighted by Gasteiger charge is -2.46. The lowest BCUT2D eigenvalue weighted by Crippen LogP contribution is -2.62. The van der Waals surface area contributed by atoms with Crippen LogP contribution < -0.4 is 5.32 Å². The van der Waals surface area contributed by atoms with Crippen molar-refractivity contribution in [3.63, 3.8) is 0 Å². The largest absolute Gasteiger partial charge is 0.480 e. The number of benzene rings is 2. The molecule has 0 amide bonds. The predicted octanol–water partition coefficient (Wildman–Crippen LogP) is 4.83. The first kappa shape index (κ1) is 28.9. The van der Waals surface area contributed by atoms with E-state index in [4.69, 9.17) is 0 Å². The Kier molecular flexibility index (Phi) is 11.3. The summed E-state index contributed by atoms with van der Waals surface area (Å²) in [6, 6.07) is 23.9. The van der Waals surface area contributed by atoms with Gasteiger partial charge in [-0.1, -0.05) is 60.7 Å². The molecule has 2 heterocycles. The third kappa shape index (κ3) is 6.25. The number of aromatic nitrogens is 1. The summed E-state index contributed by atoms with van der Waals surface area (Å²) >= 11 is 0. The normalized spacial score (nSPS) is 17.4. The Bertz CT molecular complexity index is 1010. The van der Waals surface area contributed by atoms with Gasteiger partial charge in [0.05, 0.1) is 0 Å². The summed E-state index contributed by atoms with van der Waals surface area (Å²) in [4.78, 5) is 19.2. The molecule has 1 aliphatic rings. The molecule has 3 aromatic rings. The van der Waals surface area contributed by atoms with E-state index in [1.54, 1.807) is 0 Å². The summed E-state index contributed by atoms with van der Waals surface area (Å²) in [6.07, 6.45) is 2.52. The average molecular weight is 511 g/mol. The minimum absolute atomic E-state index is 0. The molecule has 2 unspecified atom stereocenters. The van der Waals surface area contributed by atoms with Crippen LogP contribution in [0.15, 0.2) is 79.0 Å². The van der Waals surface area contributed by atoms with Gasteiger partial charge >= 0.3 is 5.97 Å². The van der Waals surface area contributed by atoms with Crippen molar-refractivity contribution in [3.8, 4) is 11.1 Å². The highest BCUT2D eigenvalue weighted by atomic mass is 35.5. The lowest BCUT2D eigenvalue weighted by atomic mass is 9.87. The number of rotatable bonds is 6. The second kappa shape index (κ2) is 12.9. The molecule has 0 bridgehead atoms. The molecule has 0 saturated carbocycles. The maximum Gasteiger partial charge on any atom is 0.328 e. The number of carboxylic acid groups (broad SMARTS) is 1. The third-order valence-electron chi connectivity index (χ3n) is 6.05. The van der Waals surface area contributed by atoms with Crippen LogP contribution in [0.2, 0.25) is 0 Å². The molecule has 1 saturated heterocycles. The Morgan fingerprint density at radius 3 is 2.30 bits per heavy atom. The number of nitrogens with zero attached hydrogens (tertiary/aromatic N) is 2. The Labute approximate surface area is 213 Å². The van der Waals surface area contributed by atoms with Gasteiger partial charge in [-0.05, 0) is 35.7 Å². The quantitative estimate of drug-likeness (QED) is 0.497. The van der Waals surface area contributed by atoms with Gasteiger partial charge in [-0.15, -0.1) is 37.2 Å². The molecule has 178 valence electrons. The van der Waals surface area contributed by atoms with E-state index in [0.29, 0.717) is 13.0 Å². The Hall–Kier alpha value is -2.15. The van der Waals surface area contributed by atoms with Crippen LogP contribution >= 0.6 is 37.2 Å². The number of pyridine rings is 1. The van der Waals surface area contributed by atoms with Crippen LogP contribution in [0.5, 0.6) is 0 Å². The van der Waals surface area contributed by atoms with Crippen LogP contribution in [-0.2, 0) is 16.8 Å². The summed E-state index contributed by atoms with van der Waals surface area (Å²) in [5, 5.41) is 13.7. The zero-order chi connectivity index (χ0) is 21.0. The van der Waals surface area contributed by atoms with Crippen molar-refractivity contribution in [2.45, 2.75) is 24.9 Å². The van der Waals surface area contributed by atoms with E-state index >= 15 is 0 Å². The topological polar surface area (TPSA) is 65.5 Å². The third-order valence-corrected chi connectivity index (χ3v) is 6.05. The zero-order valence-corrected chi connectivity index (χ0v) is 20.8. The predicted molar refractivity (Wildman–Crippen MR) is 140 cm³/mol. The minimum atomic E-state index is -1.09. The number of piperazine rings is 1. The van der Waals surface area contributed by atoms with Gasteiger partial charge in [0.2, 0.25) is 0 Å². The molecular weight excluding hydrogens is 481 g/mol. The van der Waals surface area contributed by atoms with E-state index in [1.807, 2.05) is 67.7 Å². The molecule has 33 heavy (non-hydrogen) atoms. The summed E-state index contributed by atoms with van der Waals surface area (Å²) in [5.74, 6) is -0.827. The van der Waals surface area contributed by atoms with Gasteiger partial charge in [-0.2, -0.15) is 0 Å². The highest BCUT2D eigenvalue weighted by Gasteiger charge is 2.45. The van der Waals surface area contributed by atoms with Crippen LogP contribution in [0, 0.1) is 0 Å². The van der Waals surface area contributed by atoms with Crippen molar-refractivity contribution in [2.24, 2.45) is 0 Å². The molecule has 2 N–H and O–H groups in total. The molecular formula is C25H30Cl3N3O2. The van der Waals surface area contributed by atoms with Crippen molar-refractivity contribution < 1.29 is 9.90 Å². The van der Waals surface area contributed by atoms with Crippen molar-refractivity contribution >= 4 is 43.2 Å². The fraction of sp³-hybridized carbons (Fsp3) is 0.280. The molecule has 1 aliphatic heterocycles. The van der Waals surface area contributed by atoms with Gasteiger partial charge in [-0.25, -0.2) is 4.79 Å². The number of carbonyl (C=O) groups is 1. The van der Waals surface area contributed by atoms with Gasteiger partial charge in [0.25, 0.3) is 0 Å². The van der Waals surface area contributed by atoms with E-state index in [1.165, 1.54) is 0 Å². The molecule has 8 heteroatoms. The maximum atomic E-state index is 12.5. The van der Waals surface area contributed by atoms with Gasteiger partial charge in [0.1, 0.15) is 5.54 Å². The minimum Gasteiger partial charge on any atom is -0.480 e. The Morgan fingerprint density at radius 2 is 1.67 bits per heavy atom. The molecule has 1 aromatic heterocycles. The maximum absolute atomic E-state index is 12.5. The van der Waals surface area contributed by atoms with E-state index in [2.05, 4.69) is 33.4 Å². The van der Waals surface area contributed by atoms with Crippen molar-refractivity contribution in [1.29, 1.82) is 0 Å². The van der Waals surface area contributed by atoms with E-state index in [0.717, 1.165) is 35.5 Å². The van der Waals surface area contributed by atoms with Gasteiger partial charge in [0, 0.05) is 44.0 Å². The first-order valence-corrected chi connectivity index (χ1v) is 10.4. The second-order valence-corrected chi connectivity index (χ2v) is 7.90. The van der Waals surface area contributed by atoms with Crippen molar-refractivity contribution in [1.82, 2.24) is 15.2 Å². The molecule has 0 aliphatic carbocycles. The first-order chi connectivity index (χ1) is 14.6. The summed E-state index contributed by atoms with van der Waals surface area (Å²) in [5.41, 5.74) is 2.95. The van der Waals surface area contributed by atoms with Crippen LogP contribution in [0.25, 0.3) is 11.1 Å². The highest BCUT2D eigenvalue weighted by Crippen LogP contribution is 2.32. The molecule has 2 aromatic carbocycles.